The van der Waals surface area contributed by atoms with Gasteiger partial charge < -0.3 is 9.64 Å². The summed E-state index contributed by atoms with van der Waals surface area (Å²) < 4.78 is 43.2. The second-order valence-electron chi connectivity index (χ2n) is 8.04. The van der Waals surface area contributed by atoms with Crippen LogP contribution in [0, 0.1) is 0 Å². The topological polar surface area (TPSA) is 79.8 Å². The smallest absolute Gasteiger partial charge is 0.362 e. The number of carbonyl (C=O) groups excluding carboxylic acids is 3. The van der Waals surface area contributed by atoms with Gasteiger partial charge in [0.25, 0.3) is 11.8 Å². The van der Waals surface area contributed by atoms with Crippen LogP contribution in [-0.4, -0.2) is 58.8 Å². The number of halogens is 3. The fourth-order valence-electron chi connectivity index (χ4n) is 4.10. The molecule has 2 aliphatic rings. The quantitative estimate of drug-likeness (QED) is 0.640. The van der Waals surface area contributed by atoms with Crippen molar-refractivity contribution in [2.24, 2.45) is 0 Å². The van der Waals surface area contributed by atoms with E-state index in [1.807, 2.05) is 0 Å². The molecule has 174 valence electrons. The van der Waals surface area contributed by atoms with E-state index >= 15 is 0 Å². The van der Waals surface area contributed by atoms with Crippen molar-refractivity contribution in [3.05, 3.63) is 65.0 Å². The number of imide groups is 1. The lowest BCUT2D eigenvalue weighted by Crippen LogP contribution is -2.51. The summed E-state index contributed by atoms with van der Waals surface area (Å²) in [7, 11) is 0. The molecule has 10 heteroatoms. The predicted molar refractivity (Wildman–Crippen MR) is 110 cm³/mol. The highest BCUT2D eigenvalue weighted by atomic mass is 19.4. The second kappa shape index (κ2) is 9.30. The van der Waals surface area contributed by atoms with Gasteiger partial charge in [-0.25, -0.2) is 0 Å². The van der Waals surface area contributed by atoms with Gasteiger partial charge >= 0.3 is 6.18 Å². The third kappa shape index (κ3) is 5.22. The van der Waals surface area contributed by atoms with Gasteiger partial charge in [-0.15, -0.1) is 0 Å². The molecule has 0 N–H and O–H groups in total. The summed E-state index contributed by atoms with van der Waals surface area (Å²) >= 11 is 0. The molecule has 1 atom stereocenters. The van der Waals surface area contributed by atoms with Crippen LogP contribution >= 0.6 is 0 Å². The van der Waals surface area contributed by atoms with Gasteiger partial charge in [-0.2, -0.15) is 13.2 Å². The molecular weight excluding hydrogens is 439 g/mol. The molecule has 2 saturated heterocycles. The average molecular weight is 461 g/mol. The normalized spacial score (nSPS) is 19.3. The molecule has 0 saturated carbocycles. The standard InChI is InChI=1S/C23H22F3N3O4/c24-23(25,26)16-8-6-15(7-9-16)11-17-3-1-4-18(27-17)19-5-2-10-28(19)20(30)12-29-21(31)13-33-14-22(29)32/h1,3-4,6-9,19H,2,5,10-14H2. The Morgan fingerprint density at radius 3 is 2.42 bits per heavy atom. The van der Waals surface area contributed by atoms with Crippen molar-refractivity contribution >= 4 is 17.7 Å². The van der Waals surface area contributed by atoms with Crippen molar-refractivity contribution < 1.29 is 32.3 Å². The molecule has 4 rings (SSSR count). The van der Waals surface area contributed by atoms with Gasteiger partial charge in [0.2, 0.25) is 5.91 Å². The highest BCUT2D eigenvalue weighted by molar-refractivity contribution is 6.01. The number of carbonyl (C=O) groups is 3. The number of amides is 3. The van der Waals surface area contributed by atoms with Crippen LogP contribution in [0.3, 0.4) is 0 Å². The first-order valence-electron chi connectivity index (χ1n) is 10.5. The Bertz CT molecular complexity index is 1040. The molecule has 0 radical (unpaired) electrons. The molecule has 0 bridgehead atoms. The molecule has 0 aliphatic carbocycles. The predicted octanol–water partition coefficient (Wildman–Crippen LogP) is 2.74. The lowest BCUT2D eigenvalue weighted by atomic mass is 10.1. The van der Waals surface area contributed by atoms with E-state index in [0.717, 1.165) is 23.5 Å². The zero-order valence-corrected chi connectivity index (χ0v) is 17.7. The van der Waals surface area contributed by atoms with Crippen LogP contribution in [0.25, 0.3) is 0 Å². The van der Waals surface area contributed by atoms with E-state index in [1.165, 1.54) is 12.1 Å². The first-order valence-corrected chi connectivity index (χ1v) is 10.5. The summed E-state index contributed by atoms with van der Waals surface area (Å²) in [5.74, 6) is -1.41. The Balaban J connectivity index is 1.46. The largest absolute Gasteiger partial charge is 0.416 e. The Hall–Kier alpha value is -3.27. The molecule has 2 fully saturated rings. The van der Waals surface area contributed by atoms with Crippen molar-refractivity contribution in [3.8, 4) is 0 Å². The van der Waals surface area contributed by atoms with Crippen molar-refractivity contribution in [2.45, 2.75) is 31.5 Å². The van der Waals surface area contributed by atoms with E-state index in [2.05, 4.69) is 4.98 Å². The SMILES string of the molecule is O=C1COCC(=O)N1CC(=O)N1CCCC1c1cccc(Cc2ccc(C(F)(F)F)cc2)n1. The first-order chi connectivity index (χ1) is 15.7. The molecule has 2 aromatic rings. The van der Waals surface area contributed by atoms with E-state index in [9.17, 15) is 27.6 Å². The molecule has 3 heterocycles. The minimum absolute atomic E-state index is 0.226. The molecule has 3 amide bonds. The number of ether oxygens (including phenoxy) is 1. The Morgan fingerprint density at radius 2 is 1.76 bits per heavy atom. The van der Waals surface area contributed by atoms with E-state index < -0.39 is 23.6 Å². The van der Waals surface area contributed by atoms with Crippen LogP contribution in [0.1, 0.15) is 41.4 Å². The van der Waals surface area contributed by atoms with E-state index in [0.29, 0.717) is 36.3 Å². The summed E-state index contributed by atoms with van der Waals surface area (Å²) in [6.07, 6.45) is -2.59. The van der Waals surface area contributed by atoms with Gasteiger partial charge in [0, 0.05) is 18.7 Å². The van der Waals surface area contributed by atoms with Crippen LogP contribution in [0.4, 0.5) is 13.2 Å². The monoisotopic (exact) mass is 461 g/mol. The van der Waals surface area contributed by atoms with Crippen LogP contribution in [-0.2, 0) is 31.7 Å². The summed E-state index contributed by atoms with van der Waals surface area (Å²) in [6.45, 7) is -0.296. The number of rotatable bonds is 5. The lowest BCUT2D eigenvalue weighted by Gasteiger charge is -2.29. The van der Waals surface area contributed by atoms with Crippen LogP contribution in [0.2, 0.25) is 0 Å². The van der Waals surface area contributed by atoms with E-state index in [-0.39, 0.29) is 31.7 Å². The maximum Gasteiger partial charge on any atom is 0.416 e. The minimum atomic E-state index is -4.38. The maximum absolute atomic E-state index is 12.9. The van der Waals surface area contributed by atoms with Crippen molar-refractivity contribution in [3.63, 3.8) is 0 Å². The number of likely N-dealkylation sites (tertiary alicyclic amines) is 1. The Labute approximate surface area is 188 Å². The number of alkyl halides is 3. The molecule has 1 aromatic carbocycles. The highest BCUT2D eigenvalue weighted by Gasteiger charge is 2.35. The molecule has 7 nitrogen and oxygen atoms in total. The minimum Gasteiger partial charge on any atom is -0.362 e. The molecule has 0 spiro atoms. The average Bonchev–Trinajstić information content (AvgIpc) is 3.26. The number of aromatic nitrogens is 1. The number of hydrogen-bond donors (Lipinski definition) is 0. The van der Waals surface area contributed by atoms with Gasteiger partial charge in [0.15, 0.2) is 0 Å². The number of benzene rings is 1. The molecule has 1 aromatic heterocycles. The summed E-state index contributed by atoms with van der Waals surface area (Å²) in [5, 5.41) is 0. The van der Waals surface area contributed by atoms with Gasteiger partial charge in [0.05, 0.1) is 17.3 Å². The van der Waals surface area contributed by atoms with E-state index in [4.69, 9.17) is 4.74 Å². The van der Waals surface area contributed by atoms with Crippen molar-refractivity contribution in [1.29, 1.82) is 0 Å². The number of morpholine rings is 1. The zero-order chi connectivity index (χ0) is 23.6. The molecule has 1 unspecified atom stereocenters. The Morgan fingerprint density at radius 1 is 1.06 bits per heavy atom. The first kappa shape index (κ1) is 22.9. The number of nitrogens with zero attached hydrogens (tertiary/aromatic N) is 3. The number of pyridine rings is 1. The van der Waals surface area contributed by atoms with Gasteiger partial charge in [0.1, 0.15) is 19.8 Å². The summed E-state index contributed by atoms with van der Waals surface area (Å²) in [6, 6.07) is 10.0. The highest BCUT2D eigenvalue weighted by Crippen LogP contribution is 2.32. The second-order valence-corrected chi connectivity index (χ2v) is 8.04. The van der Waals surface area contributed by atoms with Crippen LogP contribution < -0.4 is 0 Å². The van der Waals surface area contributed by atoms with Crippen molar-refractivity contribution in [2.75, 3.05) is 26.3 Å². The third-order valence-electron chi connectivity index (χ3n) is 5.76. The van der Waals surface area contributed by atoms with Gasteiger partial charge in [-0.3, -0.25) is 24.3 Å². The fourth-order valence-corrected chi connectivity index (χ4v) is 4.10. The van der Waals surface area contributed by atoms with Gasteiger partial charge in [-0.1, -0.05) is 18.2 Å². The maximum atomic E-state index is 12.9. The zero-order valence-electron chi connectivity index (χ0n) is 17.7. The summed E-state index contributed by atoms with van der Waals surface area (Å²) in [5.41, 5.74) is 1.33. The Kier molecular flexibility index (Phi) is 6.46. The fraction of sp³-hybridized carbons (Fsp3) is 0.391. The van der Waals surface area contributed by atoms with Crippen LogP contribution in [0.15, 0.2) is 42.5 Å². The number of hydrogen-bond acceptors (Lipinski definition) is 5. The summed E-state index contributed by atoms with van der Waals surface area (Å²) in [4.78, 5) is 44.0. The molecule has 2 aliphatic heterocycles. The third-order valence-corrected chi connectivity index (χ3v) is 5.76. The van der Waals surface area contributed by atoms with Crippen LogP contribution in [0.5, 0.6) is 0 Å². The van der Waals surface area contributed by atoms with Gasteiger partial charge in [-0.05, 0) is 42.7 Å². The molecule has 33 heavy (non-hydrogen) atoms. The van der Waals surface area contributed by atoms with E-state index in [1.54, 1.807) is 23.1 Å². The lowest BCUT2D eigenvalue weighted by molar-refractivity contribution is -0.161. The van der Waals surface area contributed by atoms with Crippen molar-refractivity contribution in [1.82, 2.24) is 14.8 Å². The molecular formula is C23H22F3N3O4.